The van der Waals surface area contributed by atoms with Crippen LogP contribution in [0.25, 0.3) is 0 Å². The Bertz CT molecular complexity index is 1230. The van der Waals surface area contributed by atoms with Crippen LogP contribution in [0.4, 0.5) is 11.4 Å². The molecule has 3 rings (SSSR count). The summed E-state index contributed by atoms with van der Waals surface area (Å²) in [5.41, 5.74) is 10.7. The fourth-order valence-electron chi connectivity index (χ4n) is 3.36. The number of nitrogen functional groups attached to an aromatic ring is 1. The first-order chi connectivity index (χ1) is 16.5. The quantitative estimate of drug-likeness (QED) is 0.424. The van der Waals surface area contributed by atoms with Gasteiger partial charge in [0.1, 0.15) is 10.6 Å². The van der Waals surface area contributed by atoms with Crippen LogP contribution in [-0.2, 0) is 4.79 Å². The lowest BCUT2D eigenvalue weighted by Crippen LogP contribution is -2.49. The van der Waals surface area contributed by atoms with Crippen LogP contribution >= 0.6 is 11.5 Å². The largest absolute Gasteiger partial charge is 0.493 e. The number of carbonyl (C=O) groups is 3. The minimum atomic E-state index is -1.24. The molecular weight excluding hydrogens is 474 g/mol. The standard InChI is InChI=1S/C23H27N5O6S/c1-23(2,3)26-21(30)18(14-7-6-10-34-14)28(12-8-9-13(32-4)15(11-12)33-5)22(31)19-16(24)17(20(25)29)27-35-19/h6-11,18H,24H2,1-5H3,(H2,25,29)(H,26,30)/t18-/m0/s1. The molecule has 0 radical (unpaired) electrons. The molecule has 35 heavy (non-hydrogen) atoms. The molecule has 1 aromatic carbocycles. The Balaban J connectivity index is 2.24. The summed E-state index contributed by atoms with van der Waals surface area (Å²) in [5, 5.41) is 2.89. The molecular formula is C23H27N5O6S. The van der Waals surface area contributed by atoms with Gasteiger partial charge in [-0.25, -0.2) is 0 Å². The van der Waals surface area contributed by atoms with Gasteiger partial charge in [-0.05, 0) is 56.6 Å². The zero-order valence-electron chi connectivity index (χ0n) is 19.9. The van der Waals surface area contributed by atoms with Crippen LogP contribution in [0.5, 0.6) is 11.5 Å². The third kappa shape index (κ3) is 5.38. The molecule has 2 heterocycles. The summed E-state index contributed by atoms with van der Waals surface area (Å²) in [7, 11) is 2.93. The zero-order chi connectivity index (χ0) is 25.9. The minimum Gasteiger partial charge on any atom is -0.493 e. The van der Waals surface area contributed by atoms with Crippen molar-refractivity contribution in [2.45, 2.75) is 32.4 Å². The maximum atomic E-state index is 13.9. The number of ether oxygens (including phenoxy) is 2. The second kappa shape index (κ2) is 10.1. The van der Waals surface area contributed by atoms with Gasteiger partial charge in [-0.1, -0.05) is 0 Å². The van der Waals surface area contributed by atoms with Crippen LogP contribution in [0.15, 0.2) is 41.0 Å². The van der Waals surface area contributed by atoms with Gasteiger partial charge < -0.3 is 30.7 Å². The van der Waals surface area contributed by atoms with Crippen molar-refractivity contribution >= 4 is 40.6 Å². The molecule has 0 unspecified atom stereocenters. The average molecular weight is 502 g/mol. The second-order valence-corrected chi connectivity index (χ2v) is 9.28. The number of nitrogens with two attached hydrogens (primary N) is 2. The van der Waals surface area contributed by atoms with Gasteiger partial charge >= 0.3 is 0 Å². The molecule has 5 N–H and O–H groups in total. The molecule has 2 aromatic heterocycles. The Hall–Kier alpha value is -4.06. The van der Waals surface area contributed by atoms with Crippen molar-refractivity contribution in [1.82, 2.24) is 9.69 Å². The normalized spacial score (nSPS) is 12.0. The molecule has 0 saturated carbocycles. The highest BCUT2D eigenvalue weighted by Crippen LogP contribution is 2.38. The molecule has 186 valence electrons. The summed E-state index contributed by atoms with van der Waals surface area (Å²) in [6.45, 7) is 5.44. The fraction of sp³-hybridized carbons (Fsp3) is 0.304. The molecule has 0 saturated heterocycles. The van der Waals surface area contributed by atoms with E-state index in [4.69, 9.17) is 25.4 Å². The van der Waals surface area contributed by atoms with Crippen molar-refractivity contribution in [1.29, 1.82) is 0 Å². The summed E-state index contributed by atoms with van der Waals surface area (Å²) in [5.74, 6) is -1.12. The molecule has 0 aliphatic heterocycles. The maximum absolute atomic E-state index is 13.9. The van der Waals surface area contributed by atoms with Crippen molar-refractivity contribution in [3.8, 4) is 11.5 Å². The Morgan fingerprint density at radius 3 is 2.34 bits per heavy atom. The predicted molar refractivity (Wildman–Crippen MR) is 131 cm³/mol. The SMILES string of the molecule is COc1ccc(N(C(=O)c2snc(C(N)=O)c2N)[C@H](C(=O)NC(C)(C)C)c2ccco2)cc1OC. The number of benzene rings is 1. The molecule has 0 aliphatic rings. The van der Waals surface area contributed by atoms with Crippen molar-refractivity contribution in [3.63, 3.8) is 0 Å². The van der Waals surface area contributed by atoms with Crippen LogP contribution in [0.3, 0.4) is 0 Å². The Morgan fingerprint density at radius 1 is 1.14 bits per heavy atom. The number of furan rings is 1. The highest BCUT2D eigenvalue weighted by molar-refractivity contribution is 7.09. The summed E-state index contributed by atoms with van der Waals surface area (Å²) in [6, 6.07) is 6.68. The van der Waals surface area contributed by atoms with Crippen LogP contribution in [0.1, 0.15) is 52.7 Å². The van der Waals surface area contributed by atoms with Gasteiger partial charge in [-0.15, -0.1) is 0 Å². The third-order valence-corrected chi connectivity index (χ3v) is 5.69. The summed E-state index contributed by atoms with van der Waals surface area (Å²) in [4.78, 5) is 40.3. The number of nitrogens with one attached hydrogen (secondary N) is 1. The number of amides is 3. The highest BCUT2D eigenvalue weighted by Gasteiger charge is 2.39. The third-order valence-electron chi connectivity index (χ3n) is 4.84. The molecule has 3 aromatic rings. The van der Waals surface area contributed by atoms with Gasteiger partial charge in [0.2, 0.25) is 0 Å². The minimum absolute atomic E-state index is 0.0614. The molecule has 1 atom stereocenters. The molecule has 11 nitrogen and oxygen atoms in total. The lowest BCUT2D eigenvalue weighted by molar-refractivity contribution is -0.124. The first-order valence-electron chi connectivity index (χ1n) is 10.4. The Labute approximate surface area is 206 Å². The van der Waals surface area contributed by atoms with E-state index in [1.54, 1.807) is 30.3 Å². The average Bonchev–Trinajstić information content (AvgIpc) is 3.45. The number of anilines is 2. The van der Waals surface area contributed by atoms with Crippen molar-refractivity contribution in [2.24, 2.45) is 5.73 Å². The van der Waals surface area contributed by atoms with E-state index in [2.05, 4.69) is 9.69 Å². The van der Waals surface area contributed by atoms with Crippen LogP contribution < -0.4 is 31.2 Å². The number of primary amides is 1. The Kier molecular flexibility index (Phi) is 7.34. The number of hydrogen-bond donors (Lipinski definition) is 3. The molecule has 0 aliphatic carbocycles. The molecule has 12 heteroatoms. The highest BCUT2D eigenvalue weighted by atomic mass is 32.1. The van der Waals surface area contributed by atoms with E-state index >= 15 is 0 Å². The van der Waals surface area contributed by atoms with Gasteiger partial charge in [-0.2, -0.15) is 4.37 Å². The number of hydrogen-bond acceptors (Lipinski definition) is 9. The molecule has 3 amide bonds. The van der Waals surface area contributed by atoms with Crippen LogP contribution in [0, 0.1) is 0 Å². The number of methoxy groups -OCH3 is 2. The maximum Gasteiger partial charge on any atom is 0.273 e. The topological polar surface area (TPSA) is 163 Å². The number of nitrogens with zero attached hydrogens (tertiary/aromatic N) is 2. The van der Waals surface area contributed by atoms with Crippen molar-refractivity contribution in [3.05, 3.63) is 52.9 Å². The molecule has 0 bridgehead atoms. The molecule has 0 fully saturated rings. The summed E-state index contributed by atoms with van der Waals surface area (Å²) < 4.78 is 20.2. The van der Waals surface area contributed by atoms with Gasteiger partial charge in [0, 0.05) is 17.3 Å². The second-order valence-electron chi connectivity index (χ2n) is 8.51. The van der Waals surface area contributed by atoms with E-state index in [0.717, 1.165) is 0 Å². The van der Waals surface area contributed by atoms with E-state index in [1.807, 2.05) is 20.8 Å². The van der Waals surface area contributed by atoms with E-state index < -0.39 is 29.3 Å². The van der Waals surface area contributed by atoms with Crippen LogP contribution in [-0.4, -0.2) is 41.9 Å². The van der Waals surface area contributed by atoms with E-state index in [-0.39, 0.29) is 27.7 Å². The summed E-state index contributed by atoms with van der Waals surface area (Å²) >= 11 is 0.707. The lowest BCUT2D eigenvalue weighted by Gasteiger charge is -2.32. The van der Waals surface area contributed by atoms with Crippen molar-refractivity contribution in [2.75, 3.05) is 24.9 Å². The van der Waals surface area contributed by atoms with Gasteiger partial charge in [0.25, 0.3) is 17.7 Å². The number of carbonyl (C=O) groups excluding carboxylic acids is 3. The van der Waals surface area contributed by atoms with E-state index in [9.17, 15) is 14.4 Å². The predicted octanol–water partition coefficient (Wildman–Crippen LogP) is 2.74. The van der Waals surface area contributed by atoms with E-state index in [1.165, 1.54) is 25.4 Å². The van der Waals surface area contributed by atoms with Crippen molar-refractivity contribution < 1.29 is 28.3 Å². The first-order valence-corrected chi connectivity index (χ1v) is 11.2. The van der Waals surface area contributed by atoms with E-state index in [0.29, 0.717) is 23.0 Å². The lowest BCUT2D eigenvalue weighted by atomic mass is 10.0. The fourth-order valence-corrected chi connectivity index (χ4v) is 4.10. The van der Waals surface area contributed by atoms with Gasteiger partial charge in [-0.3, -0.25) is 19.3 Å². The number of rotatable bonds is 8. The smallest absolute Gasteiger partial charge is 0.273 e. The zero-order valence-corrected chi connectivity index (χ0v) is 20.8. The van der Waals surface area contributed by atoms with Crippen LogP contribution in [0.2, 0.25) is 0 Å². The summed E-state index contributed by atoms with van der Waals surface area (Å²) in [6.07, 6.45) is 1.40. The first kappa shape index (κ1) is 25.6. The van der Waals surface area contributed by atoms with Gasteiger partial charge in [0.15, 0.2) is 23.2 Å². The van der Waals surface area contributed by atoms with Gasteiger partial charge in [0.05, 0.1) is 26.2 Å². The Morgan fingerprint density at radius 2 is 1.83 bits per heavy atom. The number of aromatic nitrogens is 1. The molecule has 0 spiro atoms. The monoisotopic (exact) mass is 501 g/mol.